The Bertz CT molecular complexity index is 1390. The molecule has 0 saturated heterocycles. The zero-order valence-electron chi connectivity index (χ0n) is 17.2. The number of aliphatic hydroxyl groups excluding tert-OH is 1. The lowest BCUT2D eigenvalue weighted by molar-refractivity contribution is 0.117. The Labute approximate surface area is 183 Å². The Morgan fingerprint density at radius 2 is 1.94 bits per heavy atom. The van der Waals surface area contributed by atoms with E-state index in [9.17, 15) is 5.11 Å². The average molecular weight is 427 g/mol. The lowest BCUT2D eigenvalue weighted by Crippen LogP contribution is -2.34. The number of hydrogen-bond acceptors (Lipinski definition) is 7. The summed E-state index contributed by atoms with van der Waals surface area (Å²) in [6.07, 6.45) is 2.38. The van der Waals surface area contributed by atoms with Gasteiger partial charge in [-0.2, -0.15) is 4.98 Å². The van der Waals surface area contributed by atoms with Crippen molar-refractivity contribution < 1.29 is 14.0 Å². The highest BCUT2D eigenvalue weighted by molar-refractivity contribution is 5.86. The fourth-order valence-corrected chi connectivity index (χ4v) is 4.31. The van der Waals surface area contributed by atoms with Crippen LogP contribution in [-0.4, -0.2) is 30.1 Å². The van der Waals surface area contributed by atoms with Gasteiger partial charge in [0.25, 0.3) is 0 Å². The highest BCUT2D eigenvalue weighted by Gasteiger charge is 2.33. The number of aromatic amines is 1. The molecule has 8 nitrogen and oxygen atoms in total. The van der Waals surface area contributed by atoms with E-state index in [1.807, 2.05) is 24.3 Å². The number of fused-ring (bicyclic) bond motifs is 2. The lowest BCUT2D eigenvalue weighted by Gasteiger charge is -2.31. The van der Waals surface area contributed by atoms with E-state index >= 15 is 0 Å². The Balaban J connectivity index is 1.32. The van der Waals surface area contributed by atoms with Gasteiger partial charge in [0.15, 0.2) is 0 Å². The maximum Gasteiger partial charge on any atom is 0.244 e. The second kappa shape index (κ2) is 7.74. The molecule has 1 aliphatic rings. The SMILES string of the molecule is OCc1ccc(CN2Cc3[nH]cnc3C[C@H]2c2nc(-c3ccc4ccccc4c3)no2)o1. The summed E-state index contributed by atoms with van der Waals surface area (Å²) >= 11 is 0. The topological polar surface area (TPSA) is 104 Å². The van der Waals surface area contributed by atoms with Gasteiger partial charge in [0.05, 0.1) is 30.3 Å². The highest BCUT2D eigenvalue weighted by atomic mass is 16.5. The van der Waals surface area contributed by atoms with Crippen LogP contribution in [0.1, 0.15) is 34.8 Å². The van der Waals surface area contributed by atoms with Gasteiger partial charge >= 0.3 is 0 Å². The fraction of sp³-hybridized carbons (Fsp3) is 0.208. The molecule has 0 unspecified atom stereocenters. The first kappa shape index (κ1) is 19.0. The molecule has 0 saturated carbocycles. The molecule has 4 heterocycles. The van der Waals surface area contributed by atoms with Crippen LogP contribution in [0.3, 0.4) is 0 Å². The third-order valence-electron chi connectivity index (χ3n) is 5.96. The number of aromatic nitrogens is 4. The minimum absolute atomic E-state index is 0.118. The van der Waals surface area contributed by atoms with Crippen LogP contribution in [0.25, 0.3) is 22.2 Å². The normalized spacial score (nSPS) is 16.5. The van der Waals surface area contributed by atoms with Crippen LogP contribution in [0, 0.1) is 0 Å². The number of imidazole rings is 1. The number of nitrogens with one attached hydrogen (secondary N) is 1. The highest BCUT2D eigenvalue weighted by Crippen LogP contribution is 2.34. The third kappa shape index (κ3) is 3.39. The van der Waals surface area contributed by atoms with Crippen LogP contribution in [0.2, 0.25) is 0 Å². The minimum atomic E-state index is -0.129. The third-order valence-corrected chi connectivity index (χ3v) is 5.96. The van der Waals surface area contributed by atoms with E-state index in [1.165, 1.54) is 5.39 Å². The van der Waals surface area contributed by atoms with E-state index < -0.39 is 0 Å². The molecule has 0 aliphatic carbocycles. The quantitative estimate of drug-likeness (QED) is 0.437. The average Bonchev–Trinajstić information content (AvgIpc) is 3.58. The van der Waals surface area contributed by atoms with Crippen molar-refractivity contribution >= 4 is 10.8 Å². The number of nitrogens with zero attached hydrogens (tertiary/aromatic N) is 4. The molecule has 1 aliphatic heterocycles. The van der Waals surface area contributed by atoms with Crippen molar-refractivity contribution in [3.05, 3.63) is 89.7 Å². The Morgan fingerprint density at radius 1 is 1.06 bits per heavy atom. The summed E-state index contributed by atoms with van der Waals surface area (Å²) in [5.74, 6) is 2.44. The maximum atomic E-state index is 9.31. The summed E-state index contributed by atoms with van der Waals surface area (Å²) in [5.41, 5.74) is 3.00. The van der Waals surface area contributed by atoms with Crippen molar-refractivity contribution in [2.45, 2.75) is 32.2 Å². The van der Waals surface area contributed by atoms with E-state index in [-0.39, 0.29) is 12.6 Å². The molecule has 0 amide bonds. The van der Waals surface area contributed by atoms with Gasteiger partial charge in [-0.25, -0.2) is 4.98 Å². The van der Waals surface area contributed by atoms with E-state index in [0.717, 1.165) is 28.1 Å². The van der Waals surface area contributed by atoms with Crippen LogP contribution in [0.15, 0.2) is 69.9 Å². The second-order valence-corrected chi connectivity index (χ2v) is 8.00. The molecule has 32 heavy (non-hydrogen) atoms. The summed E-state index contributed by atoms with van der Waals surface area (Å²) in [6, 6.07) is 17.9. The zero-order chi connectivity index (χ0) is 21.5. The summed E-state index contributed by atoms with van der Waals surface area (Å²) in [5, 5.41) is 15.9. The fourth-order valence-electron chi connectivity index (χ4n) is 4.31. The van der Waals surface area contributed by atoms with Crippen LogP contribution < -0.4 is 0 Å². The van der Waals surface area contributed by atoms with Crippen LogP contribution in [0.4, 0.5) is 0 Å². The van der Waals surface area contributed by atoms with Gasteiger partial charge in [0.1, 0.15) is 18.1 Å². The summed E-state index contributed by atoms with van der Waals surface area (Å²) < 4.78 is 11.5. The summed E-state index contributed by atoms with van der Waals surface area (Å²) in [4.78, 5) is 14.7. The number of aliphatic hydroxyl groups is 1. The van der Waals surface area contributed by atoms with E-state index in [2.05, 4.69) is 44.3 Å². The Morgan fingerprint density at radius 3 is 2.81 bits per heavy atom. The molecule has 0 spiro atoms. The van der Waals surface area contributed by atoms with Gasteiger partial charge in [-0.1, -0.05) is 41.6 Å². The molecule has 8 heteroatoms. The number of rotatable bonds is 5. The number of benzene rings is 2. The molecule has 3 aromatic heterocycles. The van der Waals surface area contributed by atoms with Crippen molar-refractivity contribution in [1.29, 1.82) is 0 Å². The van der Waals surface area contributed by atoms with Gasteiger partial charge in [0, 0.05) is 18.5 Å². The van der Waals surface area contributed by atoms with Gasteiger partial charge in [0.2, 0.25) is 11.7 Å². The Hall–Kier alpha value is -3.75. The van der Waals surface area contributed by atoms with E-state index in [0.29, 0.717) is 37.0 Å². The van der Waals surface area contributed by atoms with E-state index in [4.69, 9.17) is 13.9 Å². The first-order chi connectivity index (χ1) is 15.8. The smallest absolute Gasteiger partial charge is 0.244 e. The minimum Gasteiger partial charge on any atom is -0.462 e. The molecule has 0 radical (unpaired) electrons. The predicted molar refractivity (Wildman–Crippen MR) is 116 cm³/mol. The van der Waals surface area contributed by atoms with Crippen LogP contribution in [-0.2, 0) is 26.1 Å². The number of hydrogen-bond donors (Lipinski definition) is 2. The first-order valence-corrected chi connectivity index (χ1v) is 10.5. The molecular formula is C24H21N5O3. The Kier molecular flexibility index (Phi) is 4.59. The molecule has 0 fully saturated rings. The van der Waals surface area contributed by atoms with Crippen molar-refractivity contribution in [1.82, 2.24) is 25.0 Å². The molecule has 2 N–H and O–H groups in total. The van der Waals surface area contributed by atoms with Crippen LogP contribution >= 0.6 is 0 Å². The predicted octanol–water partition coefficient (Wildman–Crippen LogP) is 4.00. The number of furan rings is 1. The van der Waals surface area contributed by atoms with Gasteiger partial charge in [-0.05, 0) is 29.0 Å². The maximum absolute atomic E-state index is 9.31. The van der Waals surface area contributed by atoms with E-state index in [1.54, 1.807) is 12.4 Å². The molecule has 160 valence electrons. The summed E-state index contributed by atoms with van der Waals surface area (Å²) in [6.45, 7) is 1.09. The first-order valence-electron chi connectivity index (χ1n) is 10.5. The number of H-pyrrole nitrogens is 1. The molecule has 1 atom stereocenters. The molecule has 0 bridgehead atoms. The largest absolute Gasteiger partial charge is 0.462 e. The standard InChI is InChI=1S/C24H21N5O3/c30-13-19-8-7-18(31-19)11-29-12-21-20(25-14-26-21)10-22(29)24-27-23(28-32-24)17-6-5-15-3-1-2-4-16(15)9-17/h1-9,14,22,30H,10-13H2,(H,25,26)/t22-/m0/s1. The van der Waals surface area contributed by atoms with Crippen LogP contribution in [0.5, 0.6) is 0 Å². The van der Waals surface area contributed by atoms with Crippen molar-refractivity contribution in [2.24, 2.45) is 0 Å². The van der Waals surface area contributed by atoms with Crippen molar-refractivity contribution in [2.75, 3.05) is 0 Å². The lowest BCUT2D eigenvalue weighted by atomic mass is 10.0. The van der Waals surface area contributed by atoms with Crippen molar-refractivity contribution in [3.63, 3.8) is 0 Å². The van der Waals surface area contributed by atoms with Gasteiger partial charge < -0.3 is 19.0 Å². The van der Waals surface area contributed by atoms with Gasteiger partial charge in [-0.3, -0.25) is 4.90 Å². The molecular weight excluding hydrogens is 406 g/mol. The second-order valence-electron chi connectivity index (χ2n) is 8.00. The summed E-state index contributed by atoms with van der Waals surface area (Å²) in [7, 11) is 0. The molecule has 2 aromatic carbocycles. The van der Waals surface area contributed by atoms with Gasteiger partial charge in [-0.15, -0.1) is 0 Å². The molecule has 6 rings (SSSR count). The van der Waals surface area contributed by atoms with Crippen molar-refractivity contribution in [3.8, 4) is 11.4 Å². The zero-order valence-corrected chi connectivity index (χ0v) is 17.2. The molecule has 5 aromatic rings. The monoisotopic (exact) mass is 427 g/mol.